The molecule has 0 aromatic rings. The molecule has 0 aromatic heterocycles. The summed E-state index contributed by atoms with van der Waals surface area (Å²) in [7, 11) is 0. The second-order valence-electron chi connectivity index (χ2n) is 6.41. The van der Waals surface area contributed by atoms with Gasteiger partial charge in [-0.05, 0) is 20.8 Å². The minimum Gasteiger partial charge on any atom is -0.444 e. The van der Waals surface area contributed by atoms with E-state index in [-0.39, 0.29) is 17.4 Å². The van der Waals surface area contributed by atoms with Crippen molar-refractivity contribution in [1.29, 1.82) is 0 Å². The van der Waals surface area contributed by atoms with E-state index in [1.165, 1.54) is 0 Å². The molecule has 2 rings (SSSR count). The molecule has 2 saturated heterocycles. The first-order valence-corrected chi connectivity index (χ1v) is 6.62. The monoisotopic (exact) mass is 270 g/mol. The van der Waals surface area contributed by atoms with E-state index >= 15 is 0 Å². The zero-order valence-corrected chi connectivity index (χ0v) is 11.8. The molecule has 0 aliphatic carbocycles. The van der Waals surface area contributed by atoms with Crippen molar-refractivity contribution >= 4 is 12.0 Å². The first-order chi connectivity index (χ1) is 8.80. The van der Waals surface area contributed by atoms with Gasteiger partial charge >= 0.3 is 6.09 Å². The summed E-state index contributed by atoms with van der Waals surface area (Å²) in [6.07, 6.45) is 0.0727. The summed E-state index contributed by atoms with van der Waals surface area (Å²) in [5, 5.41) is 2.82. The molecule has 1 spiro atoms. The Morgan fingerprint density at radius 3 is 2.79 bits per heavy atom. The predicted molar refractivity (Wildman–Crippen MR) is 68.7 cm³/mol. The lowest BCUT2D eigenvalue weighted by molar-refractivity contribution is -0.120. The van der Waals surface area contributed by atoms with E-state index in [2.05, 4.69) is 5.32 Å². The van der Waals surface area contributed by atoms with Crippen molar-refractivity contribution in [1.82, 2.24) is 10.2 Å². The molecule has 2 heterocycles. The molecular weight excluding hydrogens is 248 g/mol. The first kappa shape index (κ1) is 14.1. The van der Waals surface area contributed by atoms with Gasteiger partial charge < -0.3 is 19.7 Å². The van der Waals surface area contributed by atoms with E-state index < -0.39 is 5.60 Å². The van der Waals surface area contributed by atoms with Crippen molar-refractivity contribution in [3.63, 3.8) is 0 Å². The fraction of sp³-hybridized carbons (Fsp3) is 0.846. The zero-order chi connectivity index (χ0) is 14.1. The number of nitrogens with one attached hydrogen (secondary N) is 1. The lowest BCUT2D eigenvalue weighted by Gasteiger charge is -2.31. The highest BCUT2D eigenvalue weighted by atomic mass is 16.6. The molecule has 0 bridgehead atoms. The standard InChI is InChI=1S/C13H22N2O4/c1-12(2,3)19-11(17)15-4-5-18-9-13(8-15)6-10(16)14-7-13/h4-9H2,1-3H3,(H,14,16). The number of nitrogens with zero attached hydrogens (tertiary/aromatic N) is 1. The van der Waals surface area contributed by atoms with Crippen LogP contribution in [0.3, 0.4) is 0 Å². The number of amides is 2. The Labute approximate surface area is 113 Å². The Hall–Kier alpha value is -1.30. The largest absolute Gasteiger partial charge is 0.444 e. The molecule has 2 aliphatic rings. The summed E-state index contributed by atoms with van der Waals surface area (Å²) in [6, 6.07) is 0. The lowest BCUT2D eigenvalue weighted by Crippen LogP contribution is -2.44. The van der Waals surface area contributed by atoms with Gasteiger partial charge in [0.15, 0.2) is 0 Å². The summed E-state index contributed by atoms with van der Waals surface area (Å²) in [5.74, 6) is 0.0228. The Morgan fingerprint density at radius 2 is 2.21 bits per heavy atom. The van der Waals surface area contributed by atoms with Crippen LogP contribution in [0.2, 0.25) is 0 Å². The summed E-state index contributed by atoms with van der Waals surface area (Å²) in [6.45, 7) is 8.08. The maximum atomic E-state index is 12.1. The quantitative estimate of drug-likeness (QED) is 0.705. The third-order valence-corrected chi connectivity index (χ3v) is 3.29. The average molecular weight is 270 g/mol. The summed E-state index contributed by atoms with van der Waals surface area (Å²) in [4.78, 5) is 25.2. The van der Waals surface area contributed by atoms with Crippen LogP contribution in [0.4, 0.5) is 4.79 Å². The van der Waals surface area contributed by atoms with Crippen LogP contribution >= 0.6 is 0 Å². The van der Waals surface area contributed by atoms with E-state index in [1.807, 2.05) is 20.8 Å². The molecule has 2 fully saturated rings. The number of ether oxygens (including phenoxy) is 2. The van der Waals surface area contributed by atoms with Crippen LogP contribution in [-0.2, 0) is 14.3 Å². The van der Waals surface area contributed by atoms with Gasteiger partial charge in [-0.15, -0.1) is 0 Å². The number of hydrogen-bond acceptors (Lipinski definition) is 4. The highest BCUT2D eigenvalue weighted by Gasteiger charge is 2.43. The second-order valence-corrected chi connectivity index (χ2v) is 6.41. The molecule has 6 heteroatoms. The van der Waals surface area contributed by atoms with Crippen LogP contribution in [-0.4, -0.2) is 55.3 Å². The van der Waals surface area contributed by atoms with Crippen molar-refractivity contribution in [2.75, 3.05) is 32.8 Å². The minimum atomic E-state index is -0.513. The molecule has 19 heavy (non-hydrogen) atoms. The normalized spacial score (nSPS) is 28.2. The fourth-order valence-electron chi connectivity index (χ4n) is 2.44. The van der Waals surface area contributed by atoms with Crippen LogP contribution in [0.5, 0.6) is 0 Å². The number of hydrogen-bond donors (Lipinski definition) is 1. The van der Waals surface area contributed by atoms with E-state index in [9.17, 15) is 9.59 Å². The molecule has 0 saturated carbocycles. The Kier molecular flexibility index (Phi) is 3.71. The average Bonchev–Trinajstić information content (AvgIpc) is 2.51. The van der Waals surface area contributed by atoms with E-state index in [0.717, 1.165) is 0 Å². The summed E-state index contributed by atoms with van der Waals surface area (Å²) in [5.41, 5.74) is -0.814. The van der Waals surface area contributed by atoms with Gasteiger partial charge in [-0.2, -0.15) is 0 Å². The van der Waals surface area contributed by atoms with Crippen LogP contribution in [0.1, 0.15) is 27.2 Å². The molecule has 6 nitrogen and oxygen atoms in total. The molecule has 0 radical (unpaired) electrons. The van der Waals surface area contributed by atoms with Gasteiger partial charge in [0.05, 0.1) is 13.2 Å². The van der Waals surface area contributed by atoms with Crippen molar-refractivity contribution in [2.45, 2.75) is 32.8 Å². The molecule has 2 amide bonds. The van der Waals surface area contributed by atoms with Crippen LogP contribution in [0.15, 0.2) is 0 Å². The summed E-state index contributed by atoms with van der Waals surface area (Å²) < 4.78 is 10.9. The van der Waals surface area contributed by atoms with Crippen molar-refractivity contribution in [3.8, 4) is 0 Å². The molecule has 2 aliphatic heterocycles. The molecular formula is C13H22N2O4. The lowest BCUT2D eigenvalue weighted by atomic mass is 9.87. The van der Waals surface area contributed by atoms with Crippen molar-refractivity contribution in [3.05, 3.63) is 0 Å². The Morgan fingerprint density at radius 1 is 1.47 bits per heavy atom. The SMILES string of the molecule is CC(C)(C)OC(=O)N1CCOCC2(CNC(=O)C2)C1. The maximum absolute atomic E-state index is 12.1. The Bertz CT molecular complexity index is 377. The maximum Gasteiger partial charge on any atom is 0.410 e. The van der Waals surface area contributed by atoms with Gasteiger partial charge in [0.2, 0.25) is 5.91 Å². The number of carbonyl (C=O) groups is 2. The van der Waals surface area contributed by atoms with E-state index in [4.69, 9.17) is 9.47 Å². The van der Waals surface area contributed by atoms with Crippen LogP contribution in [0, 0.1) is 5.41 Å². The van der Waals surface area contributed by atoms with Crippen LogP contribution in [0.25, 0.3) is 0 Å². The smallest absolute Gasteiger partial charge is 0.410 e. The van der Waals surface area contributed by atoms with E-state index in [0.29, 0.717) is 39.3 Å². The number of rotatable bonds is 0. The van der Waals surface area contributed by atoms with Gasteiger partial charge in [-0.3, -0.25) is 4.79 Å². The van der Waals surface area contributed by atoms with Gasteiger partial charge in [0.1, 0.15) is 5.60 Å². The van der Waals surface area contributed by atoms with Gasteiger partial charge in [-0.25, -0.2) is 4.79 Å². The molecule has 1 N–H and O–H groups in total. The second kappa shape index (κ2) is 5.00. The Balaban J connectivity index is 2.04. The van der Waals surface area contributed by atoms with Gasteiger partial charge in [0, 0.05) is 31.5 Å². The number of carbonyl (C=O) groups excluding carboxylic acids is 2. The molecule has 1 atom stereocenters. The van der Waals surface area contributed by atoms with Crippen molar-refractivity contribution in [2.24, 2.45) is 5.41 Å². The molecule has 108 valence electrons. The first-order valence-electron chi connectivity index (χ1n) is 6.62. The van der Waals surface area contributed by atoms with Gasteiger partial charge in [-0.1, -0.05) is 0 Å². The molecule has 1 unspecified atom stereocenters. The van der Waals surface area contributed by atoms with Crippen LogP contribution < -0.4 is 5.32 Å². The third kappa shape index (κ3) is 3.59. The van der Waals surface area contributed by atoms with Crippen molar-refractivity contribution < 1.29 is 19.1 Å². The highest BCUT2D eigenvalue weighted by Crippen LogP contribution is 2.30. The zero-order valence-electron chi connectivity index (χ0n) is 11.8. The van der Waals surface area contributed by atoms with E-state index in [1.54, 1.807) is 4.90 Å². The topological polar surface area (TPSA) is 67.9 Å². The third-order valence-electron chi connectivity index (χ3n) is 3.29. The predicted octanol–water partition coefficient (Wildman–Crippen LogP) is 0.760. The molecule has 0 aromatic carbocycles. The highest BCUT2D eigenvalue weighted by molar-refractivity contribution is 5.79. The summed E-state index contributed by atoms with van der Waals surface area (Å²) >= 11 is 0. The van der Waals surface area contributed by atoms with Gasteiger partial charge in [0.25, 0.3) is 0 Å². The fourth-order valence-corrected chi connectivity index (χ4v) is 2.44. The minimum absolute atomic E-state index is 0.0228.